The van der Waals surface area contributed by atoms with E-state index < -0.39 is 18.3 Å². The summed E-state index contributed by atoms with van der Waals surface area (Å²) < 4.78 is 46.0. The summed E-state index contributed by atoms with van der Waals surface area (Å²) in [6.07, 6.45) is -0.172. The third-order valence-electron chi connectivity index (χ3n) is 1.69. The highest BCUT2D eigenvalue weighted by Crippen LogP contribution is 2.20. The highest BCUT2D eigenvalue weighted by Gasteiger charge is 2.07. The molecule has 20 heavy (non-hydrogen) atoms. The number of aromatic nitrogens is 1. The van der Waals surface area contributed by atoms with Gasteiger partial charge in [-0.3, -0.25) is 0 Å². The van der Waals surface area contributed by atoms with E-state index in [1.165, 1.54) is 12.4 Å². The standard InChI is InChI=1S/C11H13F3N2O3S/c1-7(2)19-16-6-8-5-15-11(18-8)20-17-4-3-9(12)10(13)14/h5-7H,3-4H2,1-2H3/b16-6+. The number of hydrogen-bond acceptors (Lipinski definition) is 6. The fraction of sp³-hybridized carbons (Fsp3) is 0.455. The van der Waals surface area contributed by atoms with Gasteiger partial charge in [-0.25, -0.2) is 9.37 Å². The van der Waals surface area contributed by atoms with Crippen molar-refractivity contribution in [2.45, 2.75) is 31.6 Å². The van der Waals surface area contributed by atoms with E-state index in [0.717, 1.165) is 12.0 Å². The Hall–Kier alpha value is -1.48. The summed E-state index contributed by atoms with van der Waals surface area (Å²) in [4.78, 5) is 8.76. The van der Waals surface area contributed by atoms with Gasteiger partial charge in [0.15, 0.2) is 11.6 Å². The minimum atomic E-state index is -2.33. The third-order valence-corrected chi connectivity index (χ3v) is 2.31. The topological polar surface area (TPSA) is 56.9 Å². The first kappa shape index (κ1) is 16.6. The Kier molecular flexibility index (Phi) is 7.16. The van der Waals surface area contributed by atoms with Crippen molar-refractivity contribution >= 4 is 18.3 Å². The zero-order valence-corrected chi connectivity index (χ0v) is 11.6. The van der Waals surface area contributed by atoms with Crippen molar-refractivity contribution in [2.24, 2.45) is 5.16 Å². The molecular weight excluding hydrogens is 297 g/mol. The molecule has 0 aliphatic heterocycles. The molecule has 0 amide bonds. The Labute approximate surface area is 118 Å². The van der Waals surface area contributed by atoms with E-state index in [1.807, 2.05) is 13.8 Å². The van der Waals surface area contributed by atoms with Gasteiger partial charge in [0, 0.05) is 6.42 Å². The number of rotatable bonds is 8. The lowest BCUT2D eigenvalue weighted by molar-refractivity contribution is 0.0870. The van der Waals surface area contributed by atoms with Crippen LogP contribution in [0.3, 0.4) is 0 Å². The molecular formula is C11H13F3N2O3S. The molecule has 112 valence electrons. The second-order valence-electron chi connectivity index (χ2n) is 3.74. The van der Waals surface area contributed by atoms with Crippen LogP contribution in [-0.2, 0) is 9.02 Å². The molecule has 0 aromatic carbocycles. The molecule has 9 heteroatoms. The molecule has 1 aromatic heterocycles. The van der Waals surface area contributed by atoms with Crippen LogP contribution in [0.4, 0.5) is 13.2 Å². The zero-order chi connectivity index (χ0) is 15.0. The van der Waals surface area contributed by atoms with E-state index in [9.17, 15) is 13.2 Å². The normalized spacial score (nSPS) is 11.3. The van der Waals surface area contributed by atoms with Crippen molar-refractivity contribution in [2.75, 3.05) is 6.61 Å². The predicted molar refractivity (Wildman–Crippen MR) is 67.1 cm³/mol. The second-order valence-corrected chi connectivity index (χ2v) is 4.49. The summed E-state index contributed by atoms with van der Waals surface area (Å²) >= 11 is 0.720. The Balaban J connectivity index is 2.30. The van der Waals surface area contributed by atoms with Crippen molar-refractivity contribution in [3.63, 3.8) is 0 Å². The van der Waals surface area contributed by atoms with Crippen molar-refractivity contribution < 1.29 is 26.6 Å². The fourth-order valence-electron chi connectivity index (χ4n) is 0.890. The van der Waals surface area contributed by atoms with Crippen molar-refractivity contribution in [1.29, 1.82) is 0 Å². The van der Waals surface area contributed by atoms with Gasteiger partial charge in [-0.15, -0.1) is 0 Å². The highest BCUT2D eigenvalue weighted by molar-refractivity contribution is 7.94. The van der Waals surface area contributed by atoms with E-state index in [4.69, 9.17) is 13.4 Å². The first-order valence-electron chi connectivity index (χ1n) is 5.63. The molecule has 0 spiro atoms. The van der Waals surface area contributed by atoms with Crippen LogP contribution in [0, 0.1) is 0 Å². The smallest absolute Gasteiger partial charge is 0.301 e. The van der Waals surface area contributed by atoms with Gasteiger partial charge in [-0.05, 0) is 13.8 Å². The molecule has 5 nitrogen and oxygen atoms in total. The maximum absolute atomic E-state index is 12.4. The molecule has 1 aromatic rings. The van der Waals surface area contributed by atoms with Crippen LogP contribution in [0.1, 0.15) is 26.0 Å². The molecule has 0 unspecified atom stereocenters. The quantitative estimate of drug-likeness (QED) is 0.315. The van der Waals surface area contributed by atoms with Crippen molar-refractivity contribution in [3.05, 3.63) is 23.9 Å². The fourth-order valence-corrected chi connectivity index (χ4v) is 1.38. The molecule has 1 heterocycles. The first-order chi connectivity index (χ1) is 9.49. The molecule has 0 saturated heterocycles. The molecule has 0 saturated carbocycles. The number of halogens is 3. The maximum Gasteiger partial charge on any atom is 0.301 e. The molecule has 0 aliphatic carbocycles. The zero-order valence-electron chi connectivity index (χ0n) is 10.8. The van der Waals surface area contributed by atoms with Gasteiger partial charge in [0.1, 0.15) is 12.3 Å². The van der Waals surface area contributed by atoms with Crippen LogP contribution in [0.5, 0.6) is 0 Å². The van der Waals surface area contributed by atoms with E-state index in [-0.39, 0.29) is 17.9 Å². The van der Waals surface area contributed by atoms with Gasteiger partial charge >= 0.3 is 6.08 Å². The summed E-state index contributed by atoms with van der Waals surface area (Å²) in [6, 6.07) is 0. The molecule has 0 bridgehead atoms. The summed E-state index contributed by atoms with van der Waals surface area (Å²) in [5.41, 5.74) is 0. The van der Waals surface area contributed by atoms with Gasteiger partial charge in [-0.2, -0.15) is 8.78 Å². The third kappa shape index (κ3) is 6.62. The average molecular weight is 310 g/mol. The summed E-state index contributed by atoms with van der Waals surface area (Å²) in [7, 11) is 0. The lowest BCUT2D eigenvalue weighted by Crippen LogP contribution is -1.95. The van der Waals surface area contributed by atoms with E-state index in [1.54, 1.807) is 0 Å². The highest BCUT2D eigenvalue weighted by atomic mass is 32.2. The van der Waals surface area contributed by atoms with Crippen LogP contribution in [0.25, 0.3) is 0 Å². The lowest BCUT2D eigenvalue weighted by atomic mass is 10.4. The van der Waals surface area contributed by atoms with Gasteiger partial charge in [0.25, 0.3) is 5.22 Å². The predicted octanol–water partition coefficient (Wildman–Crippen LogP) is 3.92. The van der Waals surface area contributed by atoms with Crippen LogP contribution < -0.4 is 0 Å². The first-order valence-corrected chi connectivity index (χ1v) is 6.37. The monoisotopic (exact) mass is 310 g/mol. The van der Waals surface area contributed by atoms with Gasteiger partial charge in [0.05, 0.1) is 24.8 Å². The molecule has 0 N–H and O–H groups in total. The molecule has 0 radical (unpaired) electrons. The van der Waals surface area contributed by atoms with Gasteiger partial charge < -0.3 is 13.4 Å². The van der Waals surface area contributed by atoms with Crippen LogP contribution in [0.15, 0.2) is 32.9 Å². The molecule has 1 rings (SSSR count). The number of oxime groups is 1. The number of nitrogens with zero attached hydrogens (tertiary/aromatic N) is 2. The average Bonchev–Trinajstić information content (AvgIpc) is 2.81. The van der Waals surface area contributed by atoms with Crippen molar-refractivity contribution in [1.82, 2.24) is 4.98 Å². The Bertz CT molecular complexity index is 473. The maximum atomic E-state index is 12.4. The van der Waals surface area contributed by atoms with E-state index >= 15 is 0 Å². The Morgan fingerprint density at radius 2 is 2.25 bits per heavy atom. The van der Waals surface area contributed by atoms with Crippen LogP contribution >= 0.6 is 12.0 Å². The summed E-state index contributed by atoms with van der Waals surface area (Å²) in [6.45, 7) is 3.41. The summed E-state index contributed by atoms with van der Waals surface area (Å²) in [5, 5.41) is 3.80. The summed E-state index contributed by atoms with van der Waals surface area (Å²) in [5.74, 6) is -1.14. The SMILES string of the molecule is CC(C)O/N=C/c1cnc(SOCCC(F)=C(F)F)o1. The van der Waals surface area contributed by atoms with E-state index in [2.05, 4.69) is 10.1 Å². The van der Waals surface area contributed by atoms with Gasteiger partial charge in [0.2, 0.25) is 0 Å². The largest absolute Gasteiger partial charge is 0.429 e. The van der Waals surface area contributed by atoms with Crippen molar-refractivity contribution in [3.8, 4) is 0 Å². The Morgan fingerprint density at radius 1 is 1.50 bits per heavy atom. The second kappa shape index (κ2) is 8.64. The molecule has 0 atom stereocenters. The van der Waals surface area contributed by atoms with Crippen LogP contribution in [-0.4, -0.2) is 23.9 Å². The number of hydrogen-bond donors (Lipinski definition) is 0. The molecule has 0 aliphatic rings. The van der Waals surface area contributed by atoms with Gasteiger partial charge in [-0.1, -0.05) is 5.16 Å². The lowest BCUT2D eigenvalue weighted by Gasteiger charge is -1.99. The van der Waals surface area contributed by atoms with Crippen LogP contribution in [0.2, 0.25) is 0 Å². The minimum absolute atomic E-state index is 0.0507. The minimum Gasteiger partial charge on any atom is -0.429 e. The number of oxazole rings is 1. The Morgan fingerprint density at radius 3 is 2.90 bits per heavy atom. The van der Waals surface area contributed by atoms with E-state index in [0.29, 0.717) is 5.76 Å². The molecule has 0 fully saturated rings.